The molecule has 0 saturated heterocycles. The topological polar surface area (TPSA) is 60.5 Å². The molecule has 2 heterocycles. The fourth-order valence-corrected chi connectivity index (χ4v) is 5.04. The quantitative estimate of drug-likeness (QED) is 0.770. The van der Waals surface area contributed by atoms with Gasteiger partial charge in [0.15, 0.2) is 0 Å². The smallest absolute Gasteiger partial charge is 0.224 e. The molecule has 1 aromatic carbocycles. The van der Waals surface area contributed by atoms with E-state index in [0.29, 0.717) is 12.5 Å². The van der Waals surface area contributed by atoms with Gasteiger partial charge in [-0.05, 0) is 31.0 Å². The number of aromatic amines is 1. The lowest BCUT2D eigenvalue weighted by Crippen LogP contribution is -2.25. The van der Waals surface area contributed by atoms with Crippen molar-refractivity contribution in [3.05, 3.63) is 28.9 Å². The normalized spacial score (nSPS) is 20.3. The van der Waals surface area contributed by atoms with E-state index in [2.05, 4.69) is 16.4 Å². The number of hydrogen-bond acceptors (Lipinski definition) is 4. The number of nitrogens with one attached hydrogen (secondary N) is 2. The lowest BCUT2D eigenvalue weighted by molar-refractivity contribution is -0.128. The number of aromatic nitrogens is 1. The van der Waals surface area contributed by atoms with Crippen LogP contribution >= 0.6 is 23.4 Å². The maximum atomic E-state index is 11.9. The molecule has 0 bridgehead atoms. The van der Waals surface area contributed by atoms with Gasteiger partial charge in [-0.2, -0.15) is 0 Å². The minimum atomic E-state index is 0.0472. The second-order valence-corrected chi connectivity index (χ2v) is 9.06. The van der Waals surface area contributed by atoms with Crippen LogP contribution < -0.4 is 5.32 Å². The van der Waals surface area contributed by atoms with E-state index < -0.39 is 0 Å². The number of thioether (sulfide) groups is 1. The number of H-pyrrole nitrogens is 1. The fraction of sp³-hybridized carbons (Fsp3) is 0.500. The molecule has 1 unspecified atom stereocenters. The van der Waals surface area contributed by atoms with Crippen LogP contribution in [-0.4, -0.2) is 52.8 Å². The summed E-state index contributed by atoms with van der Waals surface area (Å²) in [5, 5.41) is 6.47. The van der Waals surface area contributed by atoms with E-state index in [1.165, 1.54) is 25.7 Å². The predicted octanol–water partition coefficient (Wildman–Crippen LogP) is 4.52. The maximum Gasteiger partial charge on any atom is 0.224 e. The number of fused-ring (bicyclic) bond motifs is 1. The van der Waals surface area contributed by atoms with Crippen molar-refractivity contribution in [3.63, 3.8) is 0 Å². The minimum absolute atomic E-state index is 0.0472. The molecule has 2 aliphatic rings. The zero-order valence-electron chi connectivity index (χ0n) is 15.7. The van der Waals surface area contributed by atoms with Gasteiger partial charge in [0, 0.05) is 42.7 Å². The molecule has 1 fully saturated rings. The Hall–Kier alpha value is -1.66. The Morgan fingerprint density at radius 1 is 1.33 bits per heavy atom. The van der Waals surface area contributed by atoms with Crippen LogP contribution in [-0.2, 0) is 4.79 Å². The highest BCUT2D eigenvalue weighted by molar-refractivity contribution is 8.14. The summed E-state index contributed by atoms with van der Waals surface area (Å²) in [5.41, 5.74) is 3.16. The highest BCUT2D eigenvalue weighted by atomic mass is 35.5. The third kappa shape index (κ3) is 4.11. The first-order valence-corrected chi connectivity index (χ1v) is 10.9. The zero-order valence-corrected chi connectivity index (χ0v) is 17.3. The molecule has 2 N–H and O–H groups in total. The first-order valence-electron chi connectivity index (χ1n) is 9.49. The van der Waals surface area contributed by atoms with Crippen molar-refractivity contribution in [2.45, 2.75) is 44.2 Å². The molecule has 1 aromatic heterocycles. The van der Waals surface area contributed by atoms with E-state index in [1.54, 1.807) is 30.8 Å². The Kier molecular flexibility index (Phi) is 5.37. The molecule has 1 saturated carbocycles. The number of benzene rings is 1. The van der Waals surface area contributed by atoms with Gasteiger partial charge in [0.2, 0.25) is 5.91 Å². The van der Waals surface area contributed by atoms with Crippen molar-refractivity contribution in [3.8, 4) is 0 Å². The van der Waals surface area contributed by atoms with Crippen molar-refractivity contribution < 1.29 is 4.79 Å². The van der Waals surface area contributed by atoms with Crippen LogP contribution in [0.1, 0.15) is 37.8 Å². The number of nitrogens with zero attached hydrogens (tertiary/aromatic N) is 2. The number of amides is 1. The van der Waals surface area contributed by atoms with Gasteiger partial charge >= 0.3 is 0 Å². The highest BCUT2D eigenvalue weighted by Crippen LogP contribution is 2.33. The van der Waals surface area contributed by atoms with Crippen LogP contribution in [0.2, 0.25) is 5.02 Å². The minimum Gasteiger partial charge on any atom is -0.381 e. The summed E-state index contributed by atoms with van der Waals surface area (Å²) < 4.78 is 0. The summed E-state index contributed by atoms with van der Waals surface area (Å²) >= 11 is 8.07. The molecule has 7 heteroatoms. The van der Waals surface area contributed by atoms with E-state index in [4.69, 9.17) is 16.6 Å². The van der Waals surface area contributed by atoms with Crippen molar-refractivity contribution in [1.29, 1.82) is 0 Å². The van der Waals surface area contributed by atoms with Gasteiger partial charge in [0.05, 0.1) is 22.9 Å². The van der Waals surface area contributed by atoms with Crippen molar-refractivity contribution in [2.75, 3.05) is 25.2 Å². The average Bonchev–Trinajstić information content (AvgIpc) is 3.34. The van der Waals surface area contributed by atoms with Gasteiger partial charge in [-0.25, -0.2) is 0 Å². The van der Waals surface area contributed by atoms with Gasteiger partial charge in [-0.3, -0.25) is 9.79 Å². The summed E-state index contributed by atoms with van der Waals surface area (Å²) in [7, 11) is 3.57. The molecule has 1 aliphatic heterocycles. The summed E-state index contributed by atoms with van der Waals surface area (Å²) in [6, 6.07) is 6.68. The van der Waals surface area contributed by atoms with Crippen molar-refractivity contribution in [1.82, 2.24) is 9.88 Å². The van der Waals surface area contributed by atoms with Crippen LogP contribution in [0.3, 0.4) is 0 Å². The molecule has 27 heavy (non-hydrogen) atoms. The Labute approximate surface area is 168 Å². The maximum absolute atomic E-state index is 11.9. The second kappa shape index (κ2) is 7.76. The molecule has 0 spiro atoms. The molecular formula is C20H25ClN4OS. The molecule has 2 aromatic rings. The molecule has 0 radical (unpaired) electrons. The summed E-state index contributed by atoms with van der Waals surface area (Å²) in [6.45, 7) is 0. The number of carbonyl (C=O) groups is 1. The van der Waals surface area contributed by atoms with E-state index in [0.717, 1.165) is 38.1 Å². The standard InChI is InChI=1S/C20H25ClN4OS/c1-25(2)18(26)10-15-11-27-20(23-15)17-8-12-7-13(21)9-16(19(12)24-17)22-14-5-3-4-6-14/h7-9,14-15,22,24H,3-6,10-11H2,1-2H3. The van der Waals surface area contributed by atoms with E-state index in [9.17, 15) is 4.79 Å². The Balaban J connectivity index is 1.59. The zero-order chi connectivity index (χ0) is 19.0. The number of aliphatic imine (C=N–C) groups is 1. The summed E-state index contributed by atoms with van der Waals surface area (Å²) in [4.78, 5) is 21.9. The molecule has 1 amide bonds. The third-order valence-corrected chi connectivity index (χ3v) is 6.63. The van der Waals surface area contributed by atoms with E-state index in [-0.39, 0.29) is 11.9 Å². The first kappa shape index (κ1) is 18.7. The number of halogens is 1. The van der Waals surface area contributed by atoms with E-state index in [1.807, 2.05) is 12.1 Å². The lowest BCUT2D eigenvalue weighted by atomic mass is 10.2. The van der Waals surface area contributed by atoms with Gasteiger partial charge in [-0.15, -0.1) is 11.8 Å². The van der Waals surface area contributed by atoms with Crippen LogP contribution in [0.4, 0.5) is 5.69 Å². The third-order valence-electron chi connectivity index (χ3n) is 5.26. The van der Waals surface area contributed by atoms with Crippen molar-refractivity contribution in [2.24, 2.45) is 4.99 Å². The Morgan fingerprint density at radius 2 is 2.11 bits per heavy atom. The Bertz CT molecular complexity index is 885. The van der Waals surface area contributed by atoms with Crippen LogP contribution in [0.5, 0.6) is 0 Å². The summed E-state index contributed by atoms with van der Waals surface area (Å²) in [6.07, 6.45) is 5.47. The predicted molar refractivity (Wildman–Crippen MR) is 115 cm³/mol. The molecule has 1 aliphatic carbocycles. The fourth-order valence-electron chi connectivity index (χ4n) is 3.78. The molecule has 5 nitrogen and oxygen atoms in total. The van der Waals surface area contributed by atoms with Gasteiger partial charge < -0.3 is 15.2 Å². The van der Waals surface area contributed by atoms with E-state index >= 15 is 0 Å². The van der Waals surface area contributed by atoms with Crippen LogP contribution in [0.15, 0.2) is 23.2 Å². The van der Waals surface area contributed by atoms with Crippen LogP contribution in [0.25, 0.3) is 10.9 Å². The Morgan fingerprint density at radius 3 is 2.85 bits per heavy atom. The second-order valence-electron chi connectivity index (χ2n) is 7.62. The number of rotatable bonds is 5. The van der Waals surface area contributed by atoms with Crippen molar-refractivity contribution >= 4 is 50.9 Å². The molecule has 144 valence electrons. The number of hydrogen-bond donors (Lipinski definition) is 2. The SMILES string of the molecule is CN(C)C(=O)CC1CSC(c2cc3cc(Cl)cc(NC4CCCC4)c3[nH]2)=N1. The number of carbonyl (C=O) groups excluding carboxylic acids is 1. The molecular weight excluding hydrogens is 380 g/mol. The largest absolute Gasteiger partial charge is 0.381 e. The number of anilines is 1. The highest BCUT2D eigenvalue weighted by Gasteiger charge is 2.24. The van der Waals surface area contributed by atoms with Gasteiger partial charge in [-0.1, -0.05) is 24.4 Å². The van der Waals surface area contributed by atoms with Gasteiger partial charge in [0.1, 0.15) is 5.04 Å². The molecule has 4 rings (SSSR count). The first-order chi connectivity index (χ1) is 13.0. The average molecular weight is 405 g/mol. The van der Waals surface area contributed by atoms with Gasteiger partial charge in [0.25, 0.3) is 0 Å². The summed E-state index contributed by atoms with van der Waals surface area (Å²) in [5.74, 6) is 0.968. The monoisotopic (exact) mass is 404 g/mol. The molecule has 1 atom stereocenters. The van der Waals surface area contributed by atoms with Crippen LogP contribution in [0, 0.1) is 0 Å². The lowest BCUT2D eigenvalue weighted by Gasteiger charge is -2.14.